The van der Waals surface area contributed by atoms with E-state index >= 15 is 0 Å². The molecule has 2 aliphatic heterocycles. The van der Waals surface area contributed by atoms with Crippen molar-refractivity contribution in [2.75, 3.05) is 40.3 Å². The summed E-state index contributed by atoms with van der Waals surface area (Å²) in [5, 5.41) is 10.6. The Kier molecular flexibility index (Phi) is 5.11. The average Bonchev–Trinajstić information content (AvgIpc) is 2.59. The van der Waals surface area contributed by atoms with Crippen molar-refractivity contribution in [3.05, 3.63) is 29.8 Å². The van der Waals surface area contributed by atoms with E-state index in [1.807, 2.05) is 29.2 Å². The maximum Gasteiger partial charge on any atom is 0.227 e. The molecular formula is C19H28N2O3. The summed E-state index contributed by atoms with van der Waals surface area (Å²) < 4.78 is 5.36. The molecule has 132 valence electrons. The van der Waals surface area contributed by atoms with Gasteiger partial charge in [-0.1, -0.05) is 18.2 Å². The number of carbonyl (C=O) groups excluding carboxylic acids is 1. The summed E-state index contributed by atoms with van der Waals surface area (Å²) in [6.07, 6.45) is 2.80. The third kappa shape index (κ3) is 3.42. The molecule has 2 saturated heterocycles. The smallest absolute Gasteiger partial charge is 0.227 e. The molecule has 5 nitrogen and oxygen atoms in total. The average molecular weight is 332 g/mol. The normalized spacial score (nSPS) is 28.1. The Hall–Kier alpha value is -1.59. The van der Waals surface area contributed by atoms with Crippen LogP contribution in [0.25, 0.3) is 0 Å². The minimum absolute atomic E-state index is 0.124. The zero-order valence-corrected chi connectivity index (χ0v) is 14.7. The van der Waals surface area contributed by atoms with E-state index in [0.29, 0.717) is 13.0 Å². The molecular weight excluding hydrogens is 304 g/mol. The summed E-state index contributed by atoms with van der Waals surface area (Å²) in [6.45, 7) is 3.24. The third-order valence-corrected chi connectivity index (χ3v) is 5.57. The predicted molar refractivity (Wildman–Crippen MR) is 93.1 cm³/mol. The van der Waals surface area contributed by atoms with E-state index in [4.69, 9.17) is 4.74 Å². The van der Waals surface area contributed by atoms with Crippen LogP contribution in [0.3, 0.4) is 0 Å². The first-order valence-electron chi connectivity index (χ1n) is 8.80. The maximum atomic E-state index is 12.8. The molecule has 2 atom stereocenters. The Morgan fingerprint density at radius 2 is 2.12 bits per heavy atom. The fraction of sp³-hybridized carbons (Fsp3) is 0.632. The molecule has 2 fully saturated rings. The largest absolute Gasteiger partial charge is 0.496 e. The molecule has 1 aromatic rings. The Balaban J connectivity index is 1.71. The number of piperidine rings is 2. The standard InChI is InChI=1S/C19H28N2O3/c1-20-11-8-17(22)19(13-20)9-5-10-21(14-19)18(23)12-15-6-3-4-7-16(15)24-2/h3-4,6-7,17,22H,5,8-14H2,1-2H3/t17-,19-/m0/s1. The number of aliphatic hydroxyl groups is 1. The van der Waals surface area contributed by atoms with Crippen LogP contribution in [0.4, 0.5) is 0 Å². The van der Waals surface area contributed by atoms with Gasteiger partial charge in [0.05, 0.1) is 19.6 Å². The molecule has 1 spiro atoms. The van der Waals surface area contributed by atoms with E-state index in [1.165, 1.54) is 0 Å². The maximum absolute atomic E-state index is 12.8. The third-order valence-electron chi connectivity index (χ3n) is 5.57. The fourth-order valence-electron chi connectivity index (χ4n) is 4.27. The van der Waals surface area contributed by atoms with Crippen LogP contribution in [0.1, 0.15) is 24.8 Å². The number of para-hydroxylation sites is 1. The molecule has 1 amide bonds. The van der Waals surface area contributed by atoms with Gasteiger partial charge in [0.1, 0.15) is 5.75 Å². The molecule has 0 saturated carbocycles. The van der Waals surface area contributed by atoms with Crippen LogP contribution in [0.15, 0.2) is 24.3 Å². The van der Waals surface area contributed by atoms with Crippen molar-refractivity contribution in [2.24, 2.45) is 5.41 Å². The molecule has 0 aliphatic carbocycles. The number of methoxy groups -OCH3 is 1. The highest BCUT2D eigenvalue weighted by atomic mass is 16.5. The predicted octanol–water partition coefficient (Wildman–Crippen LogP) is 1.54. The van der Waals surface area contributed by atoms with E-state index in [0.717, 1.165) is 50.2 Å². The molecule has 3 rings (SSSR count). The van der Waals surface area contributed by atoms with Crippen LogP contribution >= 0.6 is 0 Å². The first-order valence-corrected chi connectivity index (χ1v) is 8.80. The van der Waals surface area contributed by atoms with Gasteiger partial charge in [0, 0.05) is 37.2 Å². The zero-order valence-electron chi connectivity index (χ0n) is 14.7. The Morgan fingerprint density at radius 3 is 2.92 bits per heavy atom. The molecule has 5 heteroatoms. The second-order valence-corrected chi connectivity index (χ2v) is 7.31. The number of likely N-dealkylation sites (tertiary alicyclic amines) is 2. The highest BCUT2D eigenvalue weighted by Crippen LogP contribution is 2.38. The first kappa shape index (κ1) is 17.2. The number of hydrogen-bond donors (Lipinski definition) is 1. The lowest BCUT2D eigenvalue weighted by Crippen LogP contribution is -2.59. The lowest BCUT2D eigenvalue weighted by Gasteiger charge is -2.50. The summed E-state index contributed by atoms with van der Waals surface area (Å²) in [7, 11) is 3.73. The summed E-state index contributed by atoms with van der Waals surface area (Å²) in [5.74, 6) is 0.883. The van der Waals surface area contributed by atoms with E-state index in [-0.39, 0.29) is 17.4 Å². The second kappa shape index (κ2) is 7.11. The number of nitrogens with zero attached hydrogens (tertiary/aromatic N) is 2. The van der Waals surface area contributed by atoms with Crippen molar-refractivity contribution in [3.63, 3.8) is 0 Å². The van der Waals surface area contributed by atoms with Crippen molar-refractivity contribution in [1.29, 1.82) is 0 Å². The van der Waals surface area contributed by atoms with E-state index in [1.54, 1.807) is 7.11 Å². The van der Waals surface area contributed by atoms with Crippen molar-refractivity contribution in [1.82, 2.24) is 9.80 Å². The lowest BCUT2D eigenvalue weighted by atomic mass is 9.71. The van der Waals surface area contributed by atoms with Gasteiger partial charge in [-0.2, -0.15) is 0 Å². The number of aliphatic hydroxyl groups excluding tert-OH is 1. The summed E-state index contributed by atoms with van der Waals surface area (Å²) in [6, 6.07) is 7.68. The monoisotopic (exact) mass is 332 g/mol. The number of amides is 1. The van der Waals surface area contributed by atoms with Gasteiger partial charge in [-0.05, 0) is 32.4 Å². The summed E-state index contributed by atoms with van der Waals surface area (Å²) >= 11 is 0. The topological polar surface area (TPSA) is 53.0 Å². The minimum atomic E-state index is -0.310. The van der Waals surface area contributed by atoms with Crippen LogP contribution in [0.2, 0.25) is 0 Å². The van der Waals surface area contributed by atoms with Crippen molar-refractivity contribution < 1.29 is 14.6 Å². The quantitative estimate of drug-likeness (QED) is 0.912. The van der Waals surface area contributed by atoms with Crippen LogP contribution in [0.5, 0.6) is 5.75 Å². The lowest BCUT2D eigenvalue weighted by molar-refractivity contribution is -0.140. The van der Waals surface area contributed by atoms with Gasteiger partial charge < -0.3 is 19.6 Å². The Bertz CT molecular complexity index is 592. The molecule has 0 bridgehead atoms. The second-order valence-electron chi connectivity index (χ2n) is 7.31. The molecule has 2 heterocycles. The number of rotatable bonds is 3. The summed E-state index contributed by atoms with van der Waals surface area (Å²) in [5.41, 5.74) is 0.757. The number of carbonyl (C=O) groups is 1. The van der Waals surface area contributed by atoms with Crippen LogP contribution < -0.4 is 4.74 Å². The Labute approximate surface area is 144 Å². The van der Waals surface area contributed by atoms with Crippen molar-refractivity contribution >= 4 is 5.91 Å². The minimum Gasteiger partial charge on any atom is -0.496 e. The molecule has 2 aliphatic rings. The van der Waals surface area contributed by atoms with Gasteiger partial charge >= 0.3 is 0 Å². The van der Waals surface area contributed by atoms with Gasteiger partial charge in [0.15, 0.2) is 0 Å². The molecule has 1 N–H and O–H groups in total. The SMILES string of the molecule is COc1ccccc1CC(=O)N1CCC[C@]2(CN(C)CC[C@@H]2O)C1. The van der Waals surface area contributed by atoms with Gasteiger partial charge in [0.25, 0.3) is 0 Å². The highest BCUT2D eigenvalue weighted by Gasteiger charge is 2.45. The molecule has 24 heavy (non-hydrogen) atoms. The molecule has 0 aromatic heterocycles. The van der Waals surface area contributed by atoms with Crippen LogP contribution in [0, 0.1) is 5.41 Å². The van der Waals surface area contributed by atoms with Gasteiger partial charge in [-0.3, -0.25) is 4.79 Å². The number of benzene rings is 1. The molecule has 1 aromatic carbocycles. The Morgan fingerprint density at radius 1 is 1.33 bits per heavy atom. The summed E-state index contributed by atoms with van der Waals surface area (Å²) in [4.78, 5) is 17.0. The molecule has 0 radical (unpaired) electrons. The fourth-order valence-corrected chi connectivity index (χ4v) is 4.27. The highest BCUT2D eigenvalue weighted by molar-refractivity contribution is 5.79. The van der Waals surface area contributed by atoms with E-state index < -0.39 is 0 Å². The van der Waals surface area contributed by atoms with E-state index in [2.05, 4.69) is 11.9 Å². The zero-order chi connectivity index (χ0) is 17.2. The van der Waals surface area contributed by atoms with Gasteiger partial charge in [-0.15, -0.1) is 0 Å². The van der Waals surface area contributed by atoms with Crippen molar-refractivity contribution in [2.45, 2.75) is 31.8 Å². The molecule has 0 unspecified atom stereocenters. The van der Waals surface area contributed by atoms with Crippen molar-refractivity contribution in [3.8, 4) is 5.75 Å². The van der Waals surface area contributed by atoms with Gasteiger partial charge in [-0.25, -0.2) is 0 Å². The number of hydrogen-bond acceptors (Lipinski definition) is 4. The van der Waals surface area contributed by atoms with Crippen LogP contribution in [-0.2, 0) is 11.2 Å². The first-order chi connectivity index (χ1) is 11.5. The number of ether oxygens (including phenoxy) is 1. The van der Waals surface area contributed by atoms with E-state index in [9.17, 15) is 9.90 Å². The van der Waals surface area contributed by atoms with Gasteiger partial charge in [0.2, 0.25) is 5.91 Å². The van der Waals surface area contributed by atoms with Crippen LogP contribution in [-0.4, -0.2) is 67.3 Å².